The average molecular weight is 826 g/mol. The van der Waals surface area contributed by atoms with E-state index in [0.717, 1.165) is 11.8 Å². The zero-order valence-electron chi connectivity index (χ0n) is 33.8. The van der Waals surface area contributed by atoms with E-state index in [-0.39, 0.29) is 54.9 Å². The fraction of sp³-hybridized carbons (Fsp3) is 0.500. The number of aromatic hydroxyl groups is 1. The summed E-state index contributed by atoms with van der Waals surface area (Å²) in [6, 6.07) is 7.44. The third kappa shape index (κ3) is 17.3. The summed E-state index contributed by atoms with van der Waals surface area (Å²) in [6.07, 6.45) is -0.241. The monoisotopic (exact) mass is 825 g/mol. The van der Waals surface area contributed by atoms with Gasteiger partial charge in [-0.25, -0.2) is 0 Å². The number of carbonyl (C=O) groups excluding carboxylic acids is 8. The predicted molar refractivity (Wildman–Crippen MR) is 219 cm³/mol. The first-order valence-electron chi connectivity index (χ1n) is 19.1. The number of hydrogen-bond donors (Lipinski definition) is 8. The van der Waals surface area contributed by atoms with Crippen molar-refractivity contribution in [2.24, 2.45) is 17.6 Å². The lowest BCUT2D eigenvalue weighted by molar-refractivity contribution is -0.135. The van der Waals surface area contributed by atoms with Crippen molar-refractivity contribution in [3.63, 3.8) is 0 Å². The largest absolute Gasteiger partial charge is 0.677 e. The minimum Gasteiger partial charge on any atom is -0.677 e. The van der Waals surface area contributed by atoms with E-state index in [0.29, 0.717) is 10.5 Å². The summed E-state index contributed by atoms with van der Waals surface area (Å²) in [7, 11) is 0. The Balaban J connectivity index is 2.24. The van der Waals surface area contributed by atoms with Crippen LogP contribution in [-0.2, 0) is 44.8 Å². The highest BCUT2D eigenvalue weighted by molar-refractivity contribution is 8.13. The highest BCUT2D eigenvalue weighted by Crippen LogP contribution is 2.22. The van der Waals surface area contributed by atoms with Gasteiger partial charge in [0.25, 0.3) is 0 Å². The van der Waals surface area contributed by atoms with E-state index in [9.17, 15) is 43.5 Å². The third-order valence-corrected chi connectivity index (χ3v) is 9.65. The number of amides is 7. The van der Waals surface area contributed by atoms with Crippen molar-refractivity contribution in [1.82, 2.24) is 31.9 Å². The van der Waals surface area contributed by atoms with Crippen LogP contribution in [0.3, 0.4) is 0 Å². The van der Waals surface area contributed by atoms with Crippen molar-refractivity contribution >= 4 is 58.2 Å². The summed E-state index contributed by atoms with van der Waals surface area (Å²) in [5, 5.41) is 24.8. The van der Waals surface area contributed by atoms with Crippen LogP contribution in [0.2, 0.25) is 0 Å². The first-order valence-corrected chi connectivity index (χ1v) is 19.9. The van der Waals surface area contributed by atoms with Crippen molar-refractivity contribution in [3.8, 4) is 5.75 Å². The standard InChI is InChI=1S/C40H57N8O9S/c1-22(2)19-30(44-25(6)49)37(54)47-31(20-26-14-16-27(50)17-15-26)38(55)45-29(13-10-18-41)36(53)43-24(5)35(52)46-32(21-33(42)51)39(56)48-34(23(3)4)40(57)58-28-11-8-7-9-12-28/h7-9,11-12,14-17,22-24,29-32,34,41,50H,10,13,18-21H2,1-6H3,(H2,42,51)(H,43,53)(H,44,49)(H,45,55)(H,46,52)(H,47,54)(H,48,56)/q-1/t24-,29-,30-,31-,32-,34-/m0/s1. The maximum atomic E-state index is 13.8. The Morgan fingerprint density at radius 2 is 1.24 bits per heavy atom. The molecule has 6 atom stereocenters. The zero-order chi connectivity index (χ0) is 43.5. The summed E-state index contributed by atoms with van der Waals surface area (Å²) in [4.78, 5) is 105. The molecule has 7 amide bonds. The first-order chi connectivity index (χ1) is 27.3. The van der Waals surface area contributed by atoms with E-state index in [1.165, 1.54) is 26.0 Å². The second-order valence-corrected chi connectivity index (χ2v) is 15.8. The molecule has 0 radical (unpaired) electrons. The van der Waals surface area contributed by atoms with Crippen LogP contribution < -0.4 is 37.6 Å². The van der Waals surface area contributed by atoms with Gasteiger partial charge in [0.15, 0.2) is 0 Å². The van der Waals surface area contributed by atoms with Crippen molar-refractivity contribution in [2.75, 3.05) is 6.54 Å². The fourth-order valence-electron chi connectivity index (χ4n) is 5.65. The molecule has 0 aromatic heterocycles. The van der Waals surface area contributed by atoms with Crippen LogP contribution >= 0.6 is 11.8 Å². The number of nitrogens with two attached hydrogens (primary N) is 1. The van der Waals surface area contributed by atoms with Crippen LogP contribution in [0.5, 0.6) is 5.75 Å². The molecule has 0 spiro atoms. The molecule has 0 aliphatic heterocycles. The maximum absolute atomic E-state index is 13.8. The molecule has 0 saturated heterocycles. The molecular formula is C40H57N8O9S-. The Kier molecular flexibility index (Phi) is 20.4. The topological polar surface area (TPSA) is 279 Å². The van der Waals surface area contributed by atoms with E-state index < -0.39 is 84.0 Å². The van der Waals surface area contributed by atoms with Gasteiger partial charge in [-0.2, -0.15) is 6.54 Å². The van der Waals surface area contributed by atoms with Gasteiger partial charge in [0.2, 0.25) is 46.5 Å². The number of rotatable bonds is 23. The molecule has 0 bridgehead atoms. The molecule has 0 saturated carbocycles. The molecule has 2 aromatic rings. The summed E-state index contributed by atoms with van der Waals surface area (Å²) in [6.45, 7) is 9.67. The Morgan fingerprint density at radius 3 is 1.79 bits per heavy atom. The Bertz CT molecular complexity index is 1730. The summed E-state index contributed by atoms with van der Waals surface area (Å²) < 4.78 is 0. The molecule has 318 valence electrons. The normalized spacial score (nSPS) is 14.2. The summed E-state index contributed by atoms with van der Waals surface area (Å²) >= 11 is 0.929. The summed E-state index contributed by atoms with van der Waals surface area (Å²) in [5.41, 5.74) is 13.6. The van der Waals surface area contributed by atoms with Gasteiger partial charge < -0.3 is 48.5 Å². The number of phenols is 1. The van der Waals surface area contributed by atoms with E-state index in [2.05, 4.69) is 31.9 Å². The van der Waals surface area contributed by atoms with Gasteiger partial charge in [-0.05, 0) is 73.2 Å². The lowest BCUT2D eigenvalue weighted by Gasteiger charge is -2.27. The Labute approximate surface area is 343 Å². The molecular weight excluding hydrogens is 769 g/mol. The molecule has 0 aliphatic rings. The number of nitrogens with one attached hydrogen (secondary N) is 7. The van der Waals surface area contributed by atoms with Crippen molar-refractivity contribution in [2.45, 2.75) is 115 Å². The fourth-order valence-corrected chi connectivity index (χ4v) is 6.63. The van der Waals surface area contributed by atoms with Crippen LogP contribution in [-0.4, -0.2) is 94.4 Å². The quantitative estimate of drug-likeness (QED) is 0.0750. The van der Waals surface area contributed by atoms with Crippen LogP contribution in [0, 0.1) is 11.8 Å². The predicted octanol–water partition coefficient (Wildman–Crippen LogP) is 1.61. The van der Waals surface area contributed by atoms with Gasteiger partial charge in [-0.3, -0.25) is 38.4 Å². The van der Waals surface area contributed by atoms with Gasteiger partial charge in [0.1, 0.15) is 42.0 Å². The van der Waals surface area contributed by atoms with Gasteiger partial charge in [-0.1, -0.05) is 64.4 Å². The van der Waals surface area contributed by atoms with E-state index in [4.69, 9.17) is 11.5 Å². The molecule has 0 aliphatic carbocycles. The molecule has 0 fully saturated rings. The van der Waals surface area contributed by atoms with E-state index >= 15 is 0 Å². The second kappa shape index (κ2) is 24.3. The Morgan fingerprint density at radius 1 is 0.690 bits per heavy atom. The van der Waals surface area contributed by atoms with Crippen molar-refractivity contribution in [1.29, 1.82) is 0 Å². The molecule has 58 heavy (non-hydrogen) atoms. The highest BCUT2D eigenvalue weighted by atomic mass is 32.2. The SMILES string of the molecule is CC(=O)N[C@@H](CC(C)C)C(=O)N[C@@H](Cc1ccc(O)cc1)C(=O)N[C@@H](CCC[NH-])C(=O)N[C@@H](C)C(=O)N[C@@H](CC(N)=O)C(=O)N[C@H](C(=O)Sc1ccccc1)C(C)C. The number of benzene rings is 2. The maximum Gasteiger partial charge on any atom is 0.243 e. The lowest BCUT2D eigenvalue weighted by atomic mass is 10.0. The van der Waals surface area contributed by atoms with Crippen LogP contribution in [0.4, 0.5) is 0 Å². The van der Waals surface area contributed by atoms with Gasteiger partial charge in [-0.15, -0.1) is 0 Å². The molecule has 0 heterocycles. The van der Waals surface area contributed by atoms with Crippen LogP contribution in [0.15, 0.2) is 59.5 Å². The third-order valence-electron chi connectivity index (χ3n) is 8.68. The molecule has 17 nitrogen and oxygen atoms in total. The number of primary amides is 1. The summed E-state index contributed by atoms with van der Waals surface area (Å²) in [5.74, 6) is -5.66. The molecule has 10 N–H and O–H groups in total. The minimum absolute atomic E-state index is 0.00903. The number of thioether (sulfide) groups is 1. The van der Waals surface area contributed by atoms with Crippen molar-refractivity contribution in [3.05, 3.63) is 65.9 Å². The molecule has 2 rings (SSSR count). The molecule has 18 heteroatoms. The lowest BCUT2D eigenvalue weighted by Crippen LogP contribution is -2.59. The van der Waals surface area contributed by atoms with E-state index in [1.807, 2.05) is 13.8 Å². The smallest absolute Gasteiger partial charge is 0.243 e. The number of phenolic OH excluding ortho intramolecular Hbond substituents is 1. The van der Waals surface area contributed by atoms with Crippen LogP contribution in [0.25, 0.3) is 5.73 Å². The van der Waals surface area contributed by atoms with Crippen LogP contribution in [0.1, 0.15) is 72.8 Å². The minimum atomic E-state index is -1.50. The first kappa shape index (κ1) is 48.7. The zero-order valence-corrected chi connectivity index (χ0v) is 34.6. The highest BCUT2D eigenvalue weighted by Gasteiger charge is 2.33. The van der Waals surface area contributed by atoms with Gasteiger partial charge >= 0.3 is 0 Å². The molecule has 2 aromatic carbocycles. The van der Waals surface area contributed by atoms with E-state index in [1.54, 1.807) is 56.3 Å². The average Bonchev–Trinajstić information content (AvgIpc) is 3.14. The van der Waals surface area contributed by atoms with Gasteiger partial charge in [0.05, 0.1) is 6.42 Å². The number of hydrogen-bond acceptors (Lipinski definition) is 10. The Hall–Kier alpha value is -5.49. The van der Waals surface area contributed by atoms with Gasteiger partial charge in [0, 0.05) is 18.2 Å². The number of carbonyl (C=O) groups is 8. The van der Waals surface area contributed by atoms with Crippen molar-refractivity contribution < 1.29 is 43.5 Å². The second-order valence-electron chi connectivity index (χ2n) is 14.7. The molecule has 0 unspecified atom stereocenters.